The van der Waals surface area contributed by atoms with Gasteiger partial charge in [0, 0.05) is 12.1 Å². The fourth-order valence-electron chi connectivity index (χ4n) is 3.23. The molecule has 1 N–H and O–H groups in total. The summed E-state index contributed by atoms with van der Waals surface area (Å²) in [4.78, 5) is 4.68. The molecule has 1 fully saturated rings. The Bertz CT molecular complexity index is 619. The lowest BCUT2D eigenvalue weighted by molar-refractivity contribution is 0.271. The molecule has 21 heavy (non-hydrogen) atoms. The van der Waals surface area contributed by atoms with Crippen LogP contribution in [0.3, 0.4) is 0 Å². The molecule has 0 saturated carbocycles. The van der Waals surface area contributed by atoms with Crippen molar-refractivity contribution < 1.29 is 9.26 Å². The Morgan fingerprint density at radius 3 is 3.05 bits per heavy atom. The lowest BCUT2D eigenvalue weighted by atomic mass is 9.92. The molecule has 2 aromatic rings. The summed E-state index contributed by atoms with van der Waals surface area (Å²) in [7, 11) is 0. The molecule has 2 aliphatic heterocycles. The zero-order chi connectivity index (χ0) is 14.1. The Hall–Kier alpha value is -1.88. The van der Waals surface area contributed by atoms with E-state index in [1.54, 1.807) is 0 Å². The van der Waals surface area contributed by atoms with Gasteiger partial charge in [0.2, 0.25) is 5.89 Å². The third-order valence-corrected chi connectivity index (χ3v) is 4.37. The van der Waals surface area contributed by atoms with Crippen LogP contribution < -0.4 is 10.1 Å². The lowest BCUT2D eigenvalue weighted by Crippen LogP contribution is -2.28. The topological polar surface area (TPSA) is 60.2 Å². The van der Waals surface area contributed by atoms with Crippen LogP contribution in [0.1, 0.15) is 48.4 Å². The minimum atomic E-state index is 0.184. The number of hydrogen-bond donors (Lipinski definition) is 1. The van der Waals surface area contributed by atoms with Gasteiger partial charge < -0.3 is 14.6 Å². The third-order valence-electron chi connectivity index (χ3n) is 4.37. The molecule has 0 aliphatic carbocycles. The second-order valence-electron chi connectivity index (χ2n) is 5.76. The number of hydrogen-bond acceptors (Lipinski definition) is 5. The highest BCUT2D eigenvalue weighted by molar-refractivity contribution is 5.40. The molecule has 1 unspecified atom stereocenters. The van der Waals surface area contributed by atoms with Gasteiger partial charge in [-0.1, -0.05) is 23.4 Å². The Kier molecular flexibility index (Phi) is 3.35. The second-order valence-corrected chi connectivity index (χ2v) is 5.76. The van der Waals surface area contributed by atoms with Crippen LogP contribution in [0.4, 0.5) is 0 Å². The second kappa shape index (κ2) is 5.48. The molecule has 110 valence electrons. The average molecular weight is 285 g/mol. The summed E-state index contributed by atoms with van der Waals surface area (Å²) < 4.78 is 11.2. The predicted octanol–water partition coefficient (Wildman–Crippen LogP) is 2.45. The van der Waals surface area contributed by atoms with E-state index < -0.39 is 0 Å². The van der Waals surface area contributed by atoms with Gasteiger partial charge in [-0.05, 0) is 31.9 Å². The highest BCUT2D eigenvalue weighted by Gasteiger charge is 2.29. The maximum Gasteiger partial charge on any atom is 0.231 e. The number of ether oxygens (including phenoxy) is 1. The summed E-state index contributed by atoms with van der Waals surface area (Å²) in [5, 5.41) is 7.63. The number of nitrogens with one attached hydrogen (secondary N) is 1. The molecule has 2 atom stereocenters. The first kappa shape index (κ1) is 12.8. The third kappa shape index (κ3) is 2.42. The molecule has 0 bridgehead atoms. The van der Waals surface area contributed by atoms with Crippen LogP contribution >= 0.6 is 0 Å². The molecule has 2 aliphatic rings. The van der Waals surface area contributed by atoms with Gasteiger partial charge in [-0.2, -0.15) is 4.98 Å². The van der Waals surface area contributed by atoms with E-state index >= 15 is 0 Å². The van der Waals surface area contributed by atoms with Crippen molar-refractivity contribution in [3.05, 3.63) is 41.5 Å². The number of piperidine rings is 1. The van der Waals surface area contributed by atoms with E-state index in [9.17, 15) is 0 Å². The van der Waals surface area contributed by atoms with Gasteiger partial charge in [0.1, 0.15) is 5.75 Å². The standard InChI is InChI=1S/C16H19N3O2/c1-2-6-14-12(5-1)13(7-9-20-14)15-18-16(21-19-15)11-4-3-8-17-10-11/h1-2,5-6,11,13,17H,3-4,7-10H2/t11-,13?/m1/s1. The SMILES string of the molecule is c1ccc2c(c1)OCCC2c1noc([C@@H]2CCCNC2)n1. The molecule has 3 heterocycles. The van der Waals surface area contributed by atoms with Gasteiger partial charge in [0.25, 0.3) is 0 Å². The Labute approximate surface area is 123 Å². The van der Waals surface area contributed by atoms with Crippen molar-refractivity contribution in [1.29, 1.82) is 0 Å². The van der Waals surface area contributed by atoms with Crippen LogP contribution in [0.15, 0.2) is 28.8 Å². The molecule has 1 saturated heterocycles. The highest BCUT2D eigenvalue weighted by Crippen LogP contribution is 2.37. The first-order valence-electron chi connectivity index (χ1n) is 7.68. The van der Waals surface area contributed by atoms with Crippen molar-refractivity contribution in [2.45, 2.75) is 31.1 Å². The van der Waals surface area contributed by atoms with Gasteiger partial charge >= 0.3 is 0 Å². The number of aromatic nitrogens is 2. The van der Waals surface area contributed by atoms with Crippen LogP contribution in [-0.4, -0.2) is 29.8 Å². The van der Waals surface area contributed by atoms with Crippen molar-refractivity contribution >= 4 is 0 Å². The largest absolute Gasteiger partial charge is 0.493 e. The monoisotopic (exact) mass is 285 g/mol. The Morgan fingerprint density at radius 1 is 1.19 bits per heavy atom. The molecule has 0 radical (unpaired) electrons. The van der Waals surface area contributed by atoms with E-state index in [1.165, 1.54) is 6.42 Å². The maximum absolute atomic E-state index is 5.70. The normalized spacial score (nSPS) is 25.1. The van der Waals surface area contributed by atoms with Gasteiger partial charge in [-0.25, -0.2) is 0 Å². The summed E-state index contributed by atoms with van der Waals surface area (Å²) >= 11 is 0. The maximum atomic E-state index is 5.70. The minimum Gasteiger partial charge on any atom is -0.493 e. The Morgan fingerprint density at radius 2 is 2.14 bits per heavy atom. The van der Waals surface area contributed by atoms with Crippen LogP contribution in [-0.2, 0) is 0 Å². The zero-order valence-electron chi connectivity index (χ0n) is 11.9. The molecular formula is C16H19N3O2. The van der Waals surface area contributed by atoms with Crippen LogP contribution in [0.25, 0.3) is 0 Å². The van der Waals surface area contributed by atoms with E-state index in [0.29, 0.717) is 12.5 Å². The van der Waals surface area contributed by atoms with Crippen LogP contribution in [0.5, 0.6) is 5.75 Å². The van der Waals surface area contributed by atoms with Crippen LogP contribution in [0, 0.1) is 0 Å². The highest BCUT2D eigenvalue weighted by atomic mass is 16.5. The molecule has 1 aromatic heterocycles. The minimum absolute atomic E-state index is 0.184. The number of rotatable bonds is 2. The van der Waals surface area contributed by atoms with Crippen molar-refractivity contribution in [3.8, 4) is 5.75 Å². The predicted molar refractivity (Wildman–Crippen MR) is 77.5 cm³/mol. The number of benzene rings is 1. The first-order valence-corrected chi connectivity index (χ1v) is 7.68. The molecule has 5 heteroatoms. The first-order chi connectivity index (χ1) is 10.4. The van der Waals surface area contributed by atoms with Crippen molar-refractivity contribution in [2.24, 2.45) is 0 Å². The summed E-state index contributed by atoms with van der Waals surface area (Å²) in [6.07, 6.45) is 3.19. The average Bonchev–Trinajstić information content (AvgIpc) is 3.05. The molecular weight excluding hydrogens is 266 g/mol. The Balaban J connectivity index is 1.61. The molecule has 4 rings (SSSR count). The molecule has 0 spiro atoms. The van der Waals surface area contributed by atoms with E-state index in [4.69, 9.17) is 9.26 Å². The van der Waals surface area contributed by atoms with Gasteiger partial charge in [-0.15, -0.1) is 0 Å². The summed E-state index contributed by atoms with van der Waals surface area (Å²) in [6.45, 7) is 2.73. The lowest BCUT2D eigenvalue weighted by Gasteiger charge is -2.23. The van der Waals surface area contributed by atoms with Crippen LogP contribution in [0.2, 0.25) is 0 Å². The van der Waals surface area contributed by atoms with Crippen molar-refractivity contribution in [1.82, 2.24) is 15.5 Å². The zero-order valence-corrected chi connectivity index (χ0v) is 11.9. The summed E-state index contributed by atoms with van der Waals surface area (Å²) in [5.74, 6) is 3.06. The number of para-hydroxylation sites is 1. The fourth-order valence-corrected chi connectivity index (χ4v) is 3.23. The van der Waals surface area contributed by atoms with Gasteiger partial charge in [-0.3, -0.25) is 0 Å². The smallest absolute Gasteiger partial charge is 0.231 e. The quantitative estimate of drug-likeness (QED) is 0.918. The van der Waals surface area contributed by atoms with E-state index in [0.717, 1.165) is 49.0 Å². The molecule has 0 amide bonds. The number of fused-ring (bicyclic) bond motifs is 1. The van der Waals surface area contributed by atoms with Gasteiger partial charge in [0.15, 0.2) is 5.82 Å². The molecule has 1 aromatic carbocycles. The van der Waals surface area contributed by atoms with E-state index in [2.05, 4.69) is 21.5 Å². The molecule has 5 nitrogen and oxygen atoms in total. The summed E-state index contributed by atoms with van der Waals surface area (Å²) in [6, 6.07) is 8.13. The number of nitrogens with zero attached hydrogens (tertiary/aromatic N) is 2. The fraction of sp³-hybridized carbons (Fsp3) is 0.500. The van der Waals surface area contributed by atoms with Crippen molar-refractivity contribution in [2.75, 3.05) is 19.7 Å². The van der Waals surface area contributed by atoms with Gasteiger partial charge in [0.05, 0.1) is 18.4 Å². The van der Waals surface area contributed by atoms with Crippen molar-refractivity contribution in [3.63, 3.8) is 0 Å². The van der Waals surface area contributed by atoms with E-state index in [1.807, 2.05) is 18.2 Å². The van der Waals surface area contributed by atoms with E-state index in [-0.39, 0.29) is 5.92 Å². The summed E-state index contributed by atoms with van der Waals surface area (Å²) in [5.41, 5.74) is 1.16.